The molecule has 0 amide bonds. The molecule has 0 spiro atoms. The summed E-state index contributed by atoms with van der Waals surface area (Å²) in [6, 6.07) is 13.0. The van der Waals surface area contributed by atoms with Crippen molar-refractivity contribution >= 4 is 33.3 Å². The van der Waals surface area contributed by atoms with Crippen molar-refractivity contribution in [1.82, 2.24) is 0 Å². The molecule has 104 valence electrons. The van der Waals surface area contributed by atoms with E-state index in [1.54, 1.807) is 12.1 Å². The molecule has 0 saturated heterocycles. The smallest absolute Gasteiger partial charge is 0.337 e. The SMILES string of the molecule is CN(Cc1ccccc1Br)c1ccc(N)c(C(=O)O)c1. The molecule has 5 heteroatoms. The number of anilines is 2. The average molecular weight is 335 g/mol. The number of aromatic carboxylic acids is 1. The van der Waals surface area contributed by atoms with Crippen LogP contribution in [-0.4, -0.2) is 18.1 Å². The molecule has 0 fully saturated rings. The van der Waals surface area contributed by atoms with Gasteiger partial charge in [0.1, 0.15) is 0 Å². The van der Waals surface area contributed by atoms with Gasteiger partial charge in [-0.3, -0.25) is 0 Å². The van der Waals surface area contributed by atoms with E-state index in [0.717, 1.165) is 15.7 Å². The van der Waals surface area contributed by atoms with Gasteiger partial charge in [-0.25, -0.2) is 4.79 Å². The fourth-order valence-corrected chi connectivity index (χ4v) is 2.35. The summed E-state index contributed by atoms with van der Waals surface area (Å²) in [7, 11) is 1.91. The summed E-state index contributed by atoms with van der Waals surface area (Å²) in [5.74, 6) is -1.02. The maximum atomic E-state index is 11.1. The summed E-state index contributed by atoms with van der Waals surface area (Å²) in [5.41, 5.74) is 8.00. The highest BCUT2D eigenvalue weighted by atomic mass is 79.9. The molecular weight excluding hydrogens is 320 g/mol. The summed E-state index contributed by atoms with van der Waals surface area (Å²) < 4.78 is 1.03. The van der Waals surface area contributed by atoms with Crippen molar-refractivity contribution in [3.8, 4) is 0 Å². The lowest BCUT2D eigenvalue weighted by atomic mass is 10.1. The Labute approximate surface area is 126 Å². The molecule has 20 heavy (non-hydrogen) atoms. The van der Waals surface area contributed by atoms with Crippen LogP contribution < -0.4 is 10.6 Å². The van der Waals surface area contributed by atoms with Crippen molar-refractivity contribution in [2.45, 2.75) is 6.54 Å². The Morgan fingerprint density at radius 2 is 2.00 bits per heavy atom. The first-order chi connectivity index (χ1) is 9.49. The fraction of sp³-hybridized carbons (Fsp3) is 0.133. The van der Waals surface area contributed by atoms with E-state index in [-0.39, 0.29) is 11.3 Å². The Morgan fingerprint density at radius 3 is 2.65 bits per heavy atom. The number of benzene rings is 2. The first-order valence-electron chi connectivity index (χ1n) is 6.06. The van der Waals surface area contributed by atoms with Gasteiger partial charge in [0.05, 0.1) is 5.56 Å². The Balaban J connectivity index is 2.26. The topological polar surface area (TPSA) is 66.6 Å². The number of hydrogen-bond donors (Lipinski definition) is 2. The van der Waals surface area contributed by atoms with Gasteiger partial charge in [0.2, 0.25) is 0 Å². The third-order valence-electron chi connectivity index (χ3n) is 3.07. The highest BCUT2D eigenvalue weighted by Gasteiger charge is 2.11. The minimum atomic E-state index is -1.02. The number of carbonyl (C=O) groups is 1. The zero-order chi connectivity index (χ0) is 14.7. The Morgan fingerprint density at radius 1 is 1.30 bits per heavy atom. The molecule has 0 bridgehead atoms. The second-order valence-corrected chi connectivity index (χ2v) is 5.38. The number of nitrogen functional groups attached to an aromatic ring is 1. The fourth-order valence-electron chi connectivity index (χ4n) is 1.94. The van der Waals surface area contributed by atoms with E-state index < -0.39 is 5.97 Å². The van der Waals surface area contributed by atoms with Crippen LogP contribution in [0.25, 0.3) is 0 Å². The molecule has 0 radical (unpaired) electrons. The first-order valence-corrected chi connectivity index (χ1v) is 6.85. The minimum absolute atomic E-state index is 0.126. The van der Waals surface area contributed by atoms with E-state index in [1.807, 2.05) is 42.3 Å². The summed E-state index contributed by atoms with van der Waals surface area (Å²) in [6.07, 6.45) is 0. The number of hydrogen-bond acceptors (Lipinski definition) is 3. The van der Waals surface area contributed by atoms with Crippen LogP contribution in [0.15, 0.2) is 46.9 Å². The van der Waals surface area contributed by atoms with Crippen molar-refractivity contribution in [2.24, 2.45) is 0 Å². The van der Waals surface area contributed by atoms with Gasteiger partial charge < -0.3 is 15.7 Å². The van der Waals surface area contributed by atoms with Gasteiger partial charge >= 0.3 is 5.97 Å². The van der Waals surface area contributed by atoms with Gasteiger partial charge in [-0.2, -0.15) is 0 Å². The van der Waals surface area contributed by atoms with Crippen molar-refractivity contribution in [3.05, 3.63) is 58.1 Å². The molecule has 0 aliphatic carbocycles. The molecule has 0 unspecified atom stereocenters. The first kappa shape index (κ1) is 14.4. The van der Waals surface area contributed by atoms with E-state index in [0.29, 0.717) is 6.54 Å². The van der Waals surface area contributed by atoms with Crippen LogP contribution in [0.2, 0.25) is 0 Å². The van der Waals surface area contributed by atoms with E-state index in [1.165, 1.54) is 0 Å². The molecule has 2 aromatic rings. The lowest BCUT2D eigenvalue weighted by Gasteiger charge is -2.21. The number of carboxylic acids is 1. The van der Waals surface area contributed by atoms with Gasteiger partial charge in [-0.1, -0.05) is 34.1 Å². The summed E-state index contributed by atoms with van der Waals surface area (Å²) in [6.45, 7) is 0.671. The standard InChI is InChI=1S/C15H15BrN2O2/c1-18(9-10-4-2-3-5-13(10)16)11-6-7-14(17)12(8-11)15(19)20/h2-8H,9,17H2,1H3,(H,19,20). The van der Waals surface area contributed by atoms with Crippen LogP contribution in [0, 0.1) is 0 Å². The van der Waals surface area contributed by atoms with Crippen LogP contribution in [0.3, 0.4) is 0 Å². The van der Waals surface area contributed by atoms with Crippen molar-refractivity contribution in [3.63, 3.8) is 0 Å². The lowest BCUT2D eigenvalue weighted by Crippen LogP contribution is -2.17. The molecule has 0 aliphatic rings. The van der Waals surface area contributed by atoms with Crippen LogP contribution in [-0.2, 0) is 6.54 Å². The van der Waals surface area contributed by atoms with E-state index in [9.17, 15) is 4.79 Å². The monoisotopic (exact) mass is 334 g/mol. The zero-order valence-electron chi connectivity index (χ0n) is 11.0. The van der Waals surface area contributed by atoms with Crippen LogP contribution >= 0.6 is 15.9 Å². The van der Waals surface area contributed by atoms with Gasteiger partial charge in [0.25, 0.3) is 0 Å². The quantitative estimate of drug-likeness (QED) is 0.841. The molecule has 4 nitrogen and oxygen atoms in total. The molecule has 0 saturated carbocycles. The number of nitrogens with zero attached hydrogens (tertiary/aromatic N) is 1. The van der Waals surface area contributed by atoms with Crippen LogP contribution in [0.4, 0.5) is 11.4 Å². The zero-order valence-corrected chi connectivity index (χ0v) is 12.6. The summed E-state index contributed by atoms with van der Waals surface area (Å²) >= 11 is 3.51. The highest BCUT2D eigenvalue weighted by Crippen LogP contribution is 2.24. The average Bonchev–Trinajstić information content (AvgIpc) is 2.41. The number of carboxylic acid groups (broad SMARTS) is 1. The number of nitrogens with two attached hydrogens (primary N) is 1. The van der Waals surface area contributed by atoms with E-state index in [4.69, 9.17) is 10.8 Å². The minimum Gasteiger partial charge on any atom is -0.478 e. The summed E-state index contributed by atoms with van der Waals surface area (Å²) in [4.78, 5) is 13.1. The van der Waals surface area contributed by atoms with Gasteiger partial charge in [0.15, 0.2) is 0 Å². The third kappa shape index (κ3) is 3.11. The van der Waals surface area contributed by atoms with Crippen LogP contribution in [0.1, 0.15) is 15.9 Å². The Kier molecular flexibility index (Phi) is 4.29. The second kappa shape index (κ2) is 5.96. The molecule has 0 aromatic heterocycles. The maximum absolute atomic E-state index is 11.1. The largest absolute Gasteiger partial charge is 0.478 e. The Hall–Kier alpha value is -2.01. The number of halogens is 1. The molecule has 0 aliphatic heterocycles. The van der Waals surface area contributed by atoms with Crippen molar-refractivity contribution < 1.29 is 9.90 Å². The lowest BCUT2D eigenvalue weighted by molar-refractivity contribution is 0.0698. The van der Waals surface area contributed by atoms with Crippen molar-refractivity contribution in [2.75, 3.05) is 17.7 Å². The summed E-state index contributed by atoms with van der Waals surface area (Å²) in [5, 5.41) is 9.10. The third-order valence-corrected chi connectivity index (χ3v) is 3.85. The maximum Gasteiger partial charge on any atom is 0.337 e. The van der Waals surface area contributed by atoms with Gasteiger partial charge in [-0.05, 0) is 29.8 Å². The molecule has 0 atom stereocenters. The normalized spacial score (nSPS) is 10.3. The molecule has 0 heterocycles. The van der Waals surface area contributed by atoms with E-state index >= 15 is 0 Å². The Bertz CT molecular complexity index is 644. The highest BCUT2D eigenvalue weighted by molar-refractivity contribution is 9.10. The predicted molar refractivity (Wildman–Crippen MR) is 84.1 cm³/mol. The predicted octanol–water partition coefficient (Wildman–Crippen LogP) is 3.37. The van der Waals surface area contributed by atoms with Gasteiger partial charge in [0, 0.05) is 29.4 Å². The molecule has 2 rings (SSSR count). The molecule has 3 N–H and O–H groups in total. The van der Waals surface area contributed by atoms with Crippen molar-refractivity contribution in [1.29, 1.82) is 0 Å². The van der Waals surface area contributed by atoms with Crippen LogP contribution in [0.5, 0.6) is 0 Å². The molecular formula is C15H15BrN2O2. The molecule has 2 aromatic carbocycles. The van der Waals surface area contributed by atoms with Gasteiger partial charge in [-0.15, -0.1) is 0 Å². The second-order valence-electron chi connectivity index (χ2n) is 4.52. The van der Waals surface area contributed by atoms with E-state index in [2.05, 4.69) is 15.9 Å². The number of rotatable bonds is 4.